The number of carbonyl (C=O) groups excluding carboxylic acids is 1. The number of carbonyl (C=O) groups is 1. The van der Waals surface area contributed by atoms with Crippen molar-refractivity contribution in [3.63, 3.8) is 0 Å². The van der Waals surface area contributed by atoms with Crippen LogP contribution in [0.2, 0.25) is 5.02 Å². The third-order valence-corrected chi connectivity index (χ3v) is 2.48. The van der Waals surface area contributed by atoms with Crippen molar-refractivity contribution in [3.05, 3.63) is 33.3 Å². The fourth-order valence-corrected chi connectivity index (χ4v) is 1.48. The van der Waals surface area contributed by atoms with Crippen molar-refractivity contribution in [2.75, 3.05) is 0 Å². The minimum absolute atomic E-state index is 0.0687. The van der Waals surface area contributed by atoms with Gasteiger partial charge in [0.25, 0.3) is 5.69 Å². The summed E-state index contributed by atoms with van der Waals surface area (Å²) in [5.74, 6) is -0.501. The molecule has 1 rings (SSSR count). The number of esters is 1. The maximum absolute atomic E-state index is 11.8. The summed E-state index contributed by atoms with van der Waals surface area (Å²) in [7, 11) is 0. The Morgan fingerprint density at radius 3 is 2.50 bits per heavy atom. The van der Waals surface area contributed by atoms with E-state index in [1.54, 1.807) is 20.8 Å². The summed E-state index contributed by atoms with van der Waals surface area (Å²) in [4.78, 5) is 21.9. The van der Waals surface area contributed by atoms with Crippen molar-refractivity contribution in [1.29, 1.82) is 0 Å². The molecule has 1 aromatic carbocycles. The fourth-order valence-electron chi connectivity index (χ4n) is 1.32. The molecule has 1 aromatic rings. The second-order valence-electron chi connectivity index (χ2n) is 5.17. The maximum Gasteiger partial charge on any atom is 0.347 e. The average Bonchev–Trinajstić information content (AvgIpc) is 2.29. The van der Waals surface area contributed by atoms with E-state index < -0.39 is 22.6 Å². The van der Waals surface area contributed by atoms with E-state index >= 15 is 0 Å². The van der Waals surface area contributed by atoms with Crippen molar-refractivity contribution in [2.45, 2.75) is 39.4 Å². The number of ether oxygens (including phenoxy) is 2. The lowest BCUT2D eigenvalue weighted by molar-refractivity contribution is -0.384. The first-order chi connectivity index (χ1) is 9.10. The predicted octanol–water partition coefficient (Wildman–Crippen LogP) is 3.36. The molecule has 110 valence electrons. The van der Waals surface area contributed by atoms with Gasteiger partial charge in [0.1, 0.15) is 11.4 Å². The molecule has 0 bridgehead atoms. The molecule has 7 heteroatoms. The standard InChI is InChI=1S/C13H16ClNO5/c1-8(12(16)20-13(2,3)4)19-11-7-9(15(17)18)5-6-10(11)14/h5-8H,1-4H3. The summed E-state index contributed by atoms with van der Waals surface area (Å²) < 4.78 is 10.5. The van der Waals surface area contributed by atoms with Gasteiger partial charge in [0.2, 0.25) is 0 Å². The highest BCUT2D eigenvalue weighted by molar-refractivity contribution is 6.32. The molecule has 0 saturated carbocycles. The first-order valence-corrected chi connectivity index (χ1v) is 6.31. The first kappa shape index (κ1) is 16.2. The van der Waals surface area contributed by atoms with Gasteiger partial charge in [-0.3, -0.25) is 10.1 Å². The Morgan fingerprint density at radius 1 is 1.40 bits per heavy atom. The molecule has 0 aliphatic heterocycles. The van der Waals surface area contributed by atoms with Gasteiger partial charge < -0.3 is 9.47 Å². The minimum Gasteiger partial charge on any atom is -0.477 e. The van der Waals surface area contributed by atoms with Crippen LogP contribution in [0.4, 0.5) is 5.69 Å². The van der Waals surface area contributed by atoms with Crippen LogP contribution in [0.25, 0.3) is 0 Å². The van der Waals surface area contributed by atoms with Gasteiger partial charge in [-0.2, -0.15) is 0 Å². The number of hydrogen-bond acceptors (Lipinski definition) is 5. The normalized spacial score (nSPS) is 12.7. The summed E-state index contributed by atoms with van der Waals surface area (Å²) in [6.45, 7) is 6.69. The van der Waals surface area contributed by atoms with Gasteiger partial charge >= 0.3 is 5.97 Å². The van der Waals surface area contributed by atoms with Crippen molar-refractivity contribution < 1.29 is 19.2 Å². The Kier molecular flexibility index (Phi) is 4.94. The molecule has 0 aromatic heterocycles. The molecule has 0 saturated heterocycles. The van der Waals surface area contributed by atoms with E-state index in [0.29, 0.717) is 0 Å². The SMILES string of the molecule is CC(Oc1cc([N+](=O)[O-])ccc1Cl)C(=O)OC(C)(C)C. The lowest BCUT2D eigenvalue weighted by atomic mass is 10.2. The van der Waals surface area contributed by atoms with Gasteiger partial charge in [-0.1, -0.05) is 11.6 Å². The van der Waals surface area contributed by atoms with Crippen molar-refractivity contribution in [2.24, 2.45) is 0 Å². The fraction of sp³-hybridized carbons (Fsp3) is 0.462. The van der Waals surface area contributed by atoms with Gasteiger partial charge in [0.05, 0.1) is 16.0 Å². The Morgan fingerprint density at radius 2 is 2.00 bits per heavy atom. The molecule has 0 aliphatic rings. The van der Waals surface area contributed by atoms with Crippen LogP contribution in [-0.4, -0.2) is 22.6 Å². The van der Waals surface area contributed by atoms with Crippen LogP contribution in [0.1, 0.15) is 27.7 Å². The smallest absolute Gasteiger partial charge is 0.347 e. The van der Waals surface area contributed by atoms with Crippen LogP contribution in [0.3, 0.4) is 0 Å². The van der Waals surface area contributed by atoms with Gasteiger partial charge in [0, 0.05) is 6.07 Å². The number of halogens is 1. The Hall–Kier alpha value is -1.82. The molecule has 0 heterocycles. The number of rotatable bonds is 4. The molecular formula is C13H16ClNO5. The van der Waals surface area contributed by atoms with Crippen LogP contribution < -0.4 is 4.74 Å². The maximum atomic E-state index is 11.8. The Bertz CT molecular complexity index is 524. The van der Waals surface area contributed by atoms with E-state index in [2.05, 4.69) is 0 Å². The van der Waals surface area contributed by atoms with Gasteiger partial charge in [-0.25, -0.2) is 4.79 Å². The minimum atomic E-state index is -0.922. The number of nitro groups is 1. The van der Waals surface area contributed by atoms with Crippen LogP contribution in [-0.2, 0) is 9.53 Å². The highest BCUT2D eigenvalue weighted by Crippen LogP contribution is 2.29. The molecule has 0 spiro atoms. The topological polar surface area (TPSA) is 78.7 Å². The molecule has 20 heavy (non-hydrogen) atoms. The van der Waals surface area contributed by atoms with E-state index in [9.17, 15) is 14.9 Å². The highest BCUT2D eigenvalue weighted by Gasteiger charge is 2.24. The summed E-state index contributed by atoms with van der Waals surface area (Å²) in [5, 5.41) is 10.9. The molecule has 6 nitrogen and oxygen atoms in total. The molecule has 0 radical (unpaired) electrons. The van der Waals surface area contributed by atoms with E-state index in [0.717, 1.165) is 0 Å². The molecular weight excluding hydrogens is 286 g/mol. The van der Waals surface area contributed by atoms with Gasteiger partial charge in [-0.05, 0) is 33.8 Å². The van der Waals surface area contributed by atoms with Crippen molar-refractivity contribution in [1.82, 2.24) is 0 Å². The summed E-state index contributed by atoms with van der Waals surface area (Å²) in [6, 6.07) is 3.77. The zero-order valence-electron chi connectivity index (χ0n) is 11.7. The average molecular weight is 302 g/mol. The quantitative estimate of drug-likeness (QED) is 0.484. The summed E-state index contributed by atoms with van der Waals surface area (Å²) in [6.07, 6.45) is -0.922. The summed E-state index contributed by atoms with van der Waals surface area (Å²) >= 11 is 5.88. The van der Waals surface area contributed by atoms with Crippen LogP contribution in [0, 0.1) is 10.1 Å². The number of nitrogens with zero attached hydrogens (tertiary/aromatic N) is 1. The number of benzene rings is 1. The number of non-ortho nitro benzene ring substituents is 1. The second-order valence-corrected chi connectivity index (χ2v) is 5.57. The van der Waals surface area contributed by atoms with Crippen LogP contribution in [0.5, 0.6) is 5.75 Å². The largest absolute Gasteiger partial charge is 0.477 e. The van der Waals surface area contributed by atoms with Gasteiger partial charge in [-0.15, -0.1) is 0 Å². The number of hydrogen-bond donors (Lipinski definition) is 0. The van der Waals surface area contributed by atoms with E-state index in [1.165, 1.54) is 25.1 Å². The monoisotopic (exact) mass is 301 g/mol. The Labute approximate surface area is 121 Å². The third kappa shape index (κ3) is 4.70. The Balaban J connectivity index is 2.85. The highest BCUT2D eigenvalue weighted by atomic mass is 35.5. The lowest BCUT2D eigenvalue weighted by Crippen LogP contribution is -2.33. The molecule has 0 amide bonds. The molecule has 1 unspecified atom stereocenters. The predicted molar refractivity (Wildman–Crippen MR) is 74.0 cm³/mol. The zero-order valence-corrected chi connectivity index (χ0v) is 12.4. The van der Waals surface area contributed by atoms with Gasteiger partial charge in [0.15, 0.2) is 6.10 Å². The molecule has 1 atom stereocenters. The lowest BCUT2D eigenvalue weighted by Gasteiger charge is -2.22. The van der Waals surface area contributed by atoms with E-state index in [-0.39, 0.29) is 16.5 Å². The van der Waals surface area contributed by atoms with E-state index in [1.807, 2.05) is 0 Å². The van der Waals surface area contributed by atoms with Crippen LogP contribution >= 0.6 is 11.6 Å². The molecule has 0 aliphatic carbocycles. The summed E-state index contributed by atoms with van der Waals surface area (Å²) in [5.41, 5.74) is -0.804. The number of nitro benzene ring substituents is 1. The molecule has 0 fully saturated rings. The van der Waals surface area contributed by atoms with E-state index in [4.69, 9.17) is 21.1 Å². The van der Waals surface area contributed by atoms with Crippen molar-refractivity contribution >= 4 is 23.3 Å². The molecule has 0 N–H and O–H groups in total. The second kappa shape index (κ2) is 6.09. The van der Waals surface area contributed by atoms with Crippen LogP contribution in [0.15, 0.2) is 18.2 Å². The first-order valence-electron chi connectivity index (χ1n) is 5.93. The third-order valence-electron chi connectivity index (χ3n) is 2.17. The zero-order chi connectivity index (χ0) is 15.5. The van der Waals surface area contributed by atoms with Crippen molar-refractivity contribution in [3.8, 4) is 5.75 Å².